The standard InChI is InChI=1S/C15H16N4O4/c1-3-23-13(20)12(18-19-17)9-15(10-16,14(21)22-2)11-7-5-4-6-8-11/h4-8,12H,3,9H2,1-2H3. The van der Waals surface area contributed by atoms with Gasteiger partial charge in [0, 0.05) is 4.91 Å². The van der Waals surface area contributed by atoms with Gasteiger partial charge in [-0.05, 0) is 24.4 Å². The molecule has 0 radical (unpaired) electrons. The lowest BCUT2D eigenvalue weighted by Crippen LogP contribution is -2.41. The highest BCUT2D eigenvalue weighted by Crippen LogP contribution is 2.32. The molecule has 120 valence electrons. The van der Waals surface area contributed by atoms with Crippen molar-refractivity contribution in [1.82, 2.24) is 0 Å². The molecule has 0 aliphatic carbocycles. The highest BCUT2D eigenvalue weighted by molar-refractivity contribution is 5.88. The van der Waals surface area contributed by atoms with Crippen LogP contribution in [0.3, 0.4) is 0 Å². The first kappa shape index (κ1) is 18.0. The first-order valence-corrected chi connectivity index (χ1v) is 6.81. The van der Waals surface area contributed by atoms with Gasteiger partial charge in [-0.15, -0.1) is 0 Å². The molecule has 8 heteroatoms. The van der Waals surface area contributed by atoms with Crippen molar-refractivity contribution in [2.45, 2.75) is 24.8 Å². The second-order valence-corrected chi connectivity index (χ2v) is 4.55. The Hall–Kier alpha value is -3.04. The minimum Gasteiger partial charge on any atom is -0.468 e. The van der Waals surface area contributed by atoms with Crippen molar-refractivity contribution in [3.8, 4) is 6.07 Å². The van der Waals surface area contributed by atoms with Crippen molar-refractivity contribution in [3.05, 3.63) is 46.3 Å². The zero-order valence-corrected chi connectivity index (χ0v) is 12.8. The van der Waals surface area contributed by atoms with Crippen LogP contribution in [0.2, 0.25) is 0 Å². The monoisotopic (exact) mass is 316 g/mol. The van der Waals surface area contributed by atoms with Gasteiger partial charge in [-0.1, -0.05) is 35.4 Å². The molecule has 2 unspecified atom stereocenters. The quantitative estimate of drug-likeness (QED) is 0.330. The molecule has 0 aliphatic rings. The molecule has 0 aliphatic heterocycles. The van der Waals surface area contributed by atoms with Crippen molar-refractivity contribution < 1.29 is 19.1 Å². The molecule has 0 heterocycles. The average molecular weight is 316 g/mol. The molecule has 0 N–H and O–H groups in total. The summed E-state index contributed by atoms with van der Waals surface area (Å²) in [4.78, 5) is 26.8. The van der Waals surface area contributed by atoms with E-state index in [0.29, 0.717) is 5.56 Å². The largest absolute Gasteiger partial charge is 0.468 e. The average Bonchev–Trinajstić information content (AvgIpc) is 2.59. The van der Waals surface area contributed by atoms with E-state index in [0.717, 1.165) is 7.11 Å². The van der Waals surface area contributed by atoms with Gasteiger partial charge in [0.2, 0.25) is 0 Å². The Balaban J connectivity index is 3.35. The number of rotatable bonds is 7. The summed E-state index contributed by atoms with van der Waals surface area (Å²) >= 11 is 0. The Labute approximate surface area is 133 Å². The molecule has 0 bridgehead atoms. The fourth-order valence-electron chi connectivity index (χ4n) is 2.13. The number of nitrogens with zero attached hydrogens (tertiary/aromatic N) is 4. The lowest BCUT2D eigenvalue weighted by atomic mass is 9.76. The summed E-state index contributed by atoms with van der Waals surface area (Å²) < 4.78 is 9.56. The van der Waals surface area contributed by atoms with Gasteiger partial charge in [0.15, 0.2) is 5.41 Å². The van der Waals surface area contributed by atoms with E-state index in [1.807, 2.05) is 6.07 Å². The van der Waals surface area contributed by atoms with Gasteiger partial charge in [-0.2, -0.15) is 5.26 Å². The van der Waals surface area contributed by atoms with E-state index in [2.05, 4.69) is 10.0 Å². The van der Waals surface area contributed by atoms with Crippen molar-refractivity contribution in [3.63, 3.8) is 0 Å². The lowest BCUT2D eigenvalue weighted by molar-refractivity contribution is -0.148. The highest BCUT2D eigenvalue weighted by Gasteiger charge is 2.45. The van der Waals surface area contributed by atoms with Crippen molar-refractivity contribution in [2.75, 3.05) is 13.7 Å². The smallest absolute Gasteiger partial charge is 0.330 e. The molecule has 2 atom stereocenters. The number of hydrogen-bond acceptors (Lipinski definition) is 6. The highest BCUT2D eigenvalue weighted by atomic mass is 16.5. The summed E-state index contributed by atoms with van der Waals surface area (Å²) in [6.07, 6.45) is -0.372. The second kappa shape index (κ2) is 8.41. The van der Waals surface area contributed by atoms with Crippen LogP contribution >= 0.6 is 0 Å². The van der Waals surface area contributed by atoms with Crippen LogP contribution in [0.1, 0.15) is 18.9 Å². The van der Waals surface area contributed by atoms with Gasteiger partial charge in [-0.25, -0.2) is 4.79 Å². The van der Waals surface area contributed by atoms with E-state index in [4.69, 9.17) is 15.0 Å². The van der Waals surface area contributed by atoms with Gasteiger partial charge in [0.25, 0.3) is 0 Å². The first-order chi connectivity index (χ1) is 11.1. The Morgan fingerprint density at radius 1 is 1.43 bits per heavy atom. The molecule has 0 amide bonds. The van der Waals surface area contributed by atoms with Crippen LogP contribution in [0, 0.1) is 11.3 Å². The van der Waals surface area contributed by atoms with Crippen LogP contribution in [0.4, 0.5) is 0 Å². The first-order valence-electron chi connectivity index (χ1n) is 6.81. The van der Waals surface area contributed by atoms with Crippen molar-refractivity contribution in [2.24, 2.45) is 5.11 Å². The molecule has 0 spiro atoms. The Bertz CT molecular complexity index is 649. The van der Waals surface area contributed by atoms with Crippen LogP contribution in [-0.2, 0) is 24.5 Å². The third-order valence-electron chi connectivity index (χ3n) is 3.24. The third kappa shape index (κ3) is 3.99. The van der Waals surface area contributed by atoms with Crippen LogP contribution in [0.5, 0.6) is 0 Å². The number of benzene rings is 1. The van der Waals surface area contributed by atoms with E-state index in [-0.39, 0.29) is 13.0 Å². The zero-order valence-electron chi connectivity index (χ0n) is 12.8. The Morgan fingerprint density at radius 3 is 2.57 bits per heavy atom. The minimum atomic E-state index is -1.78. The predicted molar refractivity (Wildman–Crippen MR) is 79.9 cm³/mol. The SMILES string of the molecule is CCOC(=O)C(CC(C#N)(C(=O)OC)c1ccccc1)N=[N+]=[N-]. The number of esters is 2. The van der Waals surface area contributed by atoms with E-state index in [1.165, 1.54) is 0 Å². The van der Waals surface area contributed by atoms with E-state index in [9.17, 15) is 14.9 Å². The number of carbonyl (C=O) groups is 2. The second-order valence-electron chi connectivity index (χ2n) is 4.55. The summed E-state index contributed by atoms with van der Waals surface area (Å²) in [5.74, 6) is -1.64. The molecule has 0 fully saturated rings. The number of hydrogen-bond donors (Lipinski definition) is 0. The topological polar surface area (TPSA) is 125 Å². The molecule has 0 aromatic heterocycles. The van der Waals surface area contributed by atoms with Gasteiger partial charge in [0.1, 0.15) is 6.04 Å². The molecule has 1 rings (SSSR count). The lowest BCUT2D eigenvalue weighted by Gasteiger charge is -2.26. The molecule has 8 nitrogen and oxygen atoms in total. The van der Waals surface area contributed by atoms with E-state index in [1.54, 1.807) is 37.3 Å². The summed E-state index contributed by atoms with van der Waals surface area (Å²) in [7, 11) is 1.14. The number of ether oxygens (including phenoxy) is 2. The van der Waals surface area contributed by atoms with Crippen LogP contribution in [-0.4, -0.2) is 31.7 Å². The molecule has 1 aromatic rings. The molecule has 23 heavy (non-hydrogen) atoms. The minimum absolute atomic E-state index is 0.0827. The maximum Gasteiger partial charge on any atom is 0.330 e. The van der Waals surface area contributed by atoms with Crippen molar-refractivity contribution in [1.29, 1.82) is 5.26 Å². The molecule has 0 saturated carbocycles. The number of carbonyl (C=O) groups excluding carboxylic acids is 2. The van der Waals surface area contributed by atoms with E-state index < -0.39 is 23.4 Å². The van der Waals surface area contributed by atoms with Crippen LogP contribution < -0.4 is 0 Å². The number of methoxy groups -OCH3 is 1. The normalized spacial score (nSPS) is 13.6. The summed E-state index contributed by atoms with van der Waals surface area (Å²) in [6.45, 7) is 1.68. The number of azide groups is 1. The summed E-state index contributed by atoms with van der Waals surface area (Å²) in [5.41, 5.74) is 7.21. The third-order valence-corrected chi connectivity index (χ3v) is 3.24. The maximum absolute atomic E-state index is 12.3. The predicted octanol–water partition coefficient (Wildman–Crippen LogP) is 2.25. The van der Waals surface area contributed by atoms with Crippen molar-refractivity contribution >= 4 is 11.9 Å². The summed E-state index contributed by atoms with van der Waals surface area (Å²) in [5, 5.41) is 13.0. The van der Waals surface area contributed by atoms with Gasteiger partial charge < -0.3 is 9.47 Å². The fraction of sp³-hybridized carbons (Fsp3) is 0.400. The Morgan fingerprint density at radius 2 is 2.09 bits per heavy atom. The zero-order chi connectivity index (χ0) is 17.3. The molecule has 0 saturated heterocycles. The van der Waals surface area contributed by atoms with Crippen LogP contribution in [0.15, 0.2) is 35.4 Å². The van der Waals surface area contributed by atoms with E-state index >= 15 is 0 Å². The number of nitriles is 1. The molecular formula is C15H16N4O4. The fourth-order valence-corrected chi connectivity index (χ4v) is 2.13. The summed E-state index contributed by atoms with van der Waals surface area (Å²) in [6, 6.07) is 8.74. The molecular weight excluding hydrogens is 300 g/mol. The Kier molecular flexibility index (Phi) is 6.59. The molecule has 1 aromatic carbocycles. The van der Waals surface area contributed by atoms with Crippen LogP contribution in [0.25, 0.3) is 10.4 Å². The maximum atomic E-state index is 12.3. The van der Waals surface area contributed by atoms with Gasteiger partial charge in [0.05, 0.1) is 19.8 Å². The van der Waals surface area contributed by atoms with Gasteiger partial charge in [-0.3, -0.25) is 4.79 Å². The van der Waals surface area contributed by atoms with Gasteiger partial charge >= 0.3 is 11.9 Å².